The number of nitrogens with zero attached hydrogens (tertiary/aromatic N) is 1. The van der Waals surface area contributed by atoms with E-state index in [1.165, 1.54) is 12.1 Å². The number of nitrogens with one attached hydrogen (secondary N) is 1. The molecule has 0 bridgehead atoms. The SMILES string of the molecule is CC(Nc1ccc([N+](=O)[O-])cc1Br)c1ccccc1Cl. The topological polar surface area (TPSA) is 55.2 Å². The summed E-state index contributed by atoms with van der Waals surface area (Å²) >= 11 is 9.49. The molecule has 0 aliphatic heterocycles. The molecular formula is C14H12BrClN2O2. The van der Waals surface area contributed by atoms with Gasteiger partial charge in [-0.1, -0.05) is 29.8 Å². The summed E-state index contributed by atoms with van der Waals surface area (Å²) in [6.45, 7) is 1.98. The van der Waals surface area contributed by atoms with Crippen molar-refractivity contribution in [2.45, 2.75) is 13.0 Å². The highest BCUT2D eigenvalue weighted by molar-refractivity contribution is 9.10. The van der Waals surface area contributed by atoms with Crippen LogP contribution < -0.4 is 5.32 Å². The highest BCUT2D eigenvalue weighted by Crippen LogP contribution is 2.31. The van der Waals surface area contributed by atoms with Gasteiger partial charge in [0.2, 0.25) is 0 Å². The first-order valence-corrected chi connectivity index (χ1v) is 7.11. The molecule has 1 N–H and O–H groups in total. The Bertz CT molecular complexity index is 649. The standard InChI is InChI=1S/C14H12BrClN2O2/c1-9(11-4-2-3-5-13(11)16)17-14-7-6-10(18(19)20)8-12(14)15/h2-9,17H,1H3. The Morgan fingerprint density at radius 2 is 2.00 bits per heavy atom. The summed E-state index contributed by atoms with van der Waals surface area (Å²) in [5.74, 6) is 0. The highest BCUT2D eigenvalue weighted by atomic mass is 79.9. The molecule has 2 aromatic carbocycles. The van der Waals surface area contributed by atoms with Gasteiger partial charge in [0, 0.05) is 27.3 Å². The molecular weight excluding hydrogens is 344 g/mol. The molecule has 0 amide bonds. The van der Waals surface area contributed by atoms with E-state index < -0.39 is 4.92 Å². The van der Waals surface area contributed by atoms with Crippen molar-refractivity contribution >= 4 is 38.9 Å². The van der Waals surface area contributed by atoms with Gasteiger partial charge in [-0.2, -0.15) is 0 Å². The minimum Gasteiger partial charge on any atom is -0.378 e. The van der Waals surface area contributed by atoms with Gasteiger partial charge in [0.25, 0.3) is 5.69 Å². The third kappa shape index (κ3) is 3.29. The van der Waals surface area contributed by atoms with Gasteiger partial charge in [0.1, 0.15) is 0 Å². The molecule has 2 rings (SSSR count). The monoisotopic (exact) mass is 354 g/mol. The van der Waals surface area contributed by atoms with Crippen LogP contribution >= 0.6 is 27.5 Å². The summed E-state index contributed by atoms with van der Waals surface area (Å²) in [7, 11) is 0. The molecule has 0 radical (unpaired) electrons. The summed E-state index contributed by atoms with van der Waals surface area (Å²) in [6, 6.07) is 12.2. The summed E-state index contributed by atoms with van der Waals surface area (Å²) in [6.07, 6.45) is 0. The molecule has 104 valence electrons. The number of non-ortho nitro benzene ring substituents is 1. The Kier molecular flexibility index (Phi) is 4.62. The first-order chi connectivity index (χ1) is 9.49. The van der Waals surface area contributed by atoms with Gasteiger partial charge in [0.05, 0.1) is 11.0 Å². The van der Waals surface area contributed by atoms with E-state index in [4.69, 9.17) is 11.6 Å². The van der Waals surface area contributed by atoms with E-state index in [1.54, 1.807) is 6.07 Å². The Hall–Kier alpha value is -1.59. The number of hydrogen-bond donors (Lipinski definition) is 1. The minimum absolute atomic E-state index is 0.0125. The van der Waals surface area contributed by atoms with Crippen LogP contribution in [0.3, 0.4) is 0 Å². The molecule has 0 fully saturated rings. The zero-order chi connectivity index (χ0) is 14.7. The quantitative estimate of drug-likeness (QED) is 0.607. The van der Waals surface area contributed by atoms with Crippen LogP contribution in [0.4, 0.5) is 11.4 Å². The molecule has 0 aromatic heterocycles. The first-order valence-electron chi connectivity index (χ1n) is 5.94. The van der Waals surface area contributed by atoms with Crippen LogP contribution in [0.1, 0.15) is 18.5 Å². The maximum absolute atomic E-state index is 10.7. The number of nitro benzene ring substituents is 1. The van der Waals surface area contributed by atoms with E-state index in [0.29, 0.717) is 9.50 Å². The predicted molar refractivity (Wildman–Crippen MR) is 84.3 cm³/mol. The van der Waals surface area contributed by atoms with Crippen molar-refractivity contribution in [3.8, 4) is 0 Å². The predicted octanol–water partition coefficient (Wildman–Crippen LogP) is 5.18. The molecule has 6 heteroatoms. The second-order valence-corrected chi connectivity index (χ2v) is 5.57. The van der Waals surface area contributed by atoms with Gasteiger partial charge in [-0.3, -0.25) is 10.1 Å². The highest BCUT2D eigenvalue weighted by Gasteiger charge is 2.13. The lowest BCUT2D eigenvalue weighted by atomic mass is 10.1. The van der Waals surface area contributed by atoms with Crippen LogP contribution in [0.2, 0.25) is 5.02 Å². The van der Waals surface area contributed by atoms with Crippen molar-refractivity contribution in [3.05, 3.63) is 67.6 Å². The number of anilines is 1. The molecule has 0 spiro atoms. The van der Waals surface area contributed by atoms with Crippen molar-refractivity contribution < 1.29 is 4.92 Å². The van der Waals surface area contributed by atoms with E-state index >= 15 is 0 Å². The fraction of sp³-hybridized carbons (Fsp3) is 0.143. The Morgan fingerprint density at radius 3 is 2.60 bits per heavy atom. The van der Waals surface area contributed by atoms with Gasteiger partial charge in [-0.15, -0.1) is 0 Å². The molecule has 1 unspecified atom stereocenters. The van der Waals surface area contributed by atoms with Crippen LogP contribution in [-0.2, 0) is 0 Å². The molecule has 1 atom stereocenters. The third-order valence-corrected chi connectivity index (χ3v) is 3.91. The fourth-order valence-electron chi connectivity index (χ4n) is 1.87. The maximum Gasteiger partial charge on any atom is 0.270 e. The number of benzene rings is 2. The van der Waals surface area contributed by atoms with Crippen molar-refractivity contribution in [1.29, 1.82) is 0 Å². The Balaban J connectivity index is 2.22. The van der Waals surface area contributed by atoms with Crippen LogP contribution in [0.15, 0.2) is 46.9 Å². The summed E-state index contributed by atoms with van der Waals surface area (Å²) in [5.41, 5.74) is 1.80. The second kappa shape index (κ2) is 6.24. The van der Waals surface area contributed by atoms with E-state index in [0.717, 1.165) is 11.3 Å². The van der Waals surface area contributed by atoms with Crippen LogP contribution in [0.25, 0.3) is 0 Å². The molecule has 2 aromatic rings. The van der Waals surface area contributed by atoms with Gasteiger partial charge < -0.3 is 5.32 Å². The van der Waals surface area contributed by atoms with Crippen molar-refractivity contribution in [2.75, 3.05) is 5.32 Å². The van der Waals surface area contributed by atoms with Crippen LogP contribution in [0, 0.1) is 10.1 Å². The van der Waals surface area contributed by atoms with E-state index in [-0.39, 0.29) is 11.7 Å². The maximum atomic E-state index is 10.7. The average Bonchev–Trinajstić information content (AvgIpc) is 2.41. The lowest BCUT2D eigenvalue weighted by molar-refractivity contribution is -0.384. The molecule has 0 aliphatic carbocycles. The normalized spacial score (nSPS) is 11.9. The van der Waals surface area contributed by atoms with Crippen LogP contribution in [0.5, 0.6) is 0 Å². The van der Waals surface area contributed by atoms with Gasteiger partial charge >= 0.3 is 0 Å². The van der Waals surface area contributed by atoms with E-state index in [9.17, 15) is 10.1 Å². The van der Waals surface area contributed by atoms with Crippen molar-refractivity contribution in [3.63, 3.8) is 0 Å². The zero-order valence-corrected chi connectivity index (χ0v) is 13.0. The van der Waals surface area contributed by atoms with E-state index in [1.807, 2.05) is 31.2 Å². The summed E-state index contributed by atoms with van der Waals surface area (Å²) in [4.78, 5) is 10.3. The van der Waals surface area contributed by atoms with E-state index in [2.05, 4.69) is 21.2 Å². The molecule has 0 heterocycles. The molecule has 4 nitrogen and oxygen atoms in total. The fourth-order valence-corrected chi connectivity index (χ4v) is 2.65. The Labute approximate surface area is 130 Å². The largest absolute Gasteiger partial charge is 0.378 e. The van der Waals surface area contributed by atoms with Gasteiger partial charge in [-0.25, -0.2) is 0 Å². The van der Waals surface area contributed by atoms with Crippen LogP contribution in [-0.4, -0.2) is 4.92 Å². The number of halogens is 2. The Morgan fingerprint density at radius 1 is 1.30 bits per heavy atom. The summed E-state index contributed by atoms with van der Waals surface area (Å²) < 4.78 is 0.644. The molecule has 0 aliphatic rings. The second-order valence-electron chi connectivity index (χ2n) is 4.31. The number of hydrogen-bond acceptors (Lipinski definition) is 3. The van der Waals surface area contributed by atoms with Crippen molar-refractivity contribution in [2.24, 2.45) is 0 Å². The average molecular weight is 356 g/mol. The lowest BCUT2D eigenvalue weighted by Crippen LogP contribution is -2.07. The molecule has 0 saturated heterocycles. The smallest absolute Gasteiger partial charge is 0.270 e. The first kappa shape index (κ1) is 14.8. The van der Waals surface area contributed by atoms with Crippen molar-refractivity contribution in [1.82, 2.24) is 0 Å². The third-order valence-electron chi connectivity index (χ3n) is 2.91. The zero-order valence-electron chi connectivity index (χ0n) is 10.6. The lowest BCUT2D eigenvalue weighted by Gasteiger charge is -2.17. The minimum atomic E-state index is -0.425. The molecule has 0 saturated carbocycles. The van der Waals surface area contributed by atoms with Gasteiger partial charge in [-0.05, 0) is 40.5 Å². The molecule has 20 heavy (non-hydrogen) atoms. The number of rotatable bonds is 4. The number of nitro groups is 1. The van der Waals surface area contributed by atoms with Gasteiger partial charge in [0.15, 0.2) is 0 Å². The summed E-state index contributed by atoms with van der Waals surface area (Å²) in [5, 5.41) is 14.7.